The van der Waals surface area contributed by atoms with E-state index in [4.69, 9.17) is 16.7 Å². The maximum Gasteiger partial charge on any atom is 0.165 e. The van der Waals surface area contributed by atoms with Gasteiger partial charge in [0.25, 0.3) is 0 Å². The van der Waals surface area contributed by atoms with Crippen LogP contribution < -0.4 is 15.9 Å². The summed E-state index contributed by atoms with van der Waals surface area (Å²) in [4.78, 5) is 17.1. The van der Waals surface area contributed by atoms with Crippen LogP contribution in [0.3, 0.4) is 0 Å². The average molecular weight is 540 g/mol. The van der Waals surface area contributed by atoms with E-state index in [-0.39, 0.29) is 16.7 Å². The molecule has 0 N–H and O–H groups in total. The Bertz CT molecular complexity index is 1460. The molecule has 3 rings (SSSR count). The minimum atomic E-state index is -0.473. The van der Waals surface area contributed by atoms with Crippen molar-refractivity contribution in [1.82, 2.24) is 14.8 Å². The van der Waals surface area contributed by atoms with Gasteiger partial charge in [0.15, 0.2) is 5.78 Å². The van der Waals surface area contributed by atoms with E-state index in [9.17, 15) is 9.18 Å². The third kappa shape index (κ3) is 6.45. The van der Waals surface area contributed by atoms with Gasteiger partial charge in [0.1, 0.15) is 5.82 Å². The van der Waals surface area contributed by atoms with Crippen LogP contribution in [0, 0.1) is 11.7 Å². The molecule has 0 aliphatic heterocycles. The minimum Gasteiger partial charge on any atom is -0.294 e. The second-order valence-electron chi connectivity index (χ2n) is 9.57. The number of nitrogens with zero attached hydrogens (tertiary/aromatic N) is 3. The lowest BCUT2D eigenvalue weighted by Gasteiger charge is -2.16. The van der Waals surface area contributed by atoms with Crippen molar-refractivity contribution in [2.45, 2.75) is 67.3 Å². The summed E-state index contributed by atoms with van der Waals surface area (Å²) in [5.41, 5.74) is 5.45. The van der Waals surface area contributed by atoms with E-state index in [2.05, 4.69) is 41.1 Å². The molecule has 1 atom stereocenters. The number of carbonyl (C=O) groups excluding carboxylic acids is 1. The Morgan fingerprint density at radius 1 is 1.24 bits per heavy atom. The van der Waals surface area contributed by atoms with Gasteiger partial charge in [0.2, 0.25) is 0 Å². The molecule has 0 bridgehead atoms. The first-order chi connectivity index (χ1) is 17.6. The number of aromatic nitrogens is 3. The highest BCUT2D eigenvalue weighted by atomic mass is 35.5. The SMILES string of the molecule is C\C=c1/c(=C(\C=C(/C)CCC)c2ncc(F)cc2Cl)cnn1Cc1ccc(C(=O)C(C)C)c(CC)c1P. The summed E-state index contributed by atoms with van der Waals surface area (Å²) in [7, 11) is 2.83. The second-order valence-corrected chi connectivity index (χ2v) is 10.5. The monoisotopic (exact) mass is 539 g/mol. The minimum absolute atomic E-state index is 0.0550. The van der Waals surface area contributed by atoms with Crippen molar-refractivity contribution in [1.29, 1.82) is 0 Å². The fraction of sp³-hybridized carbons (Fsp3) is 0.367. The molecular formula is C30H36ClFN3OP. The fourth-order valence-electron chi connectivity index (χ4n) is 4.57. The van der Waals surface area contributed by atoms with Crippen LogP contribution in [0.5, 0.6) is 0 Å². The molecule has 0 spiro atoms. The van der Waals surface area contributed by atoms with Crippen LogP contribution >= 0.6 is 20.8 Å². The van der Waals surface area contributed by atoms with E-state index in [0.717, 1.165) is 57.4 Å². The zero-order valence-electron chi connectivity index (χ0n) is 22.5. The lowest BCUT2D eigenvalue weighted by molar-refractivity contribution is 0.0938. The number of halogens is 2. The summed E-state index contributed by atoms with van der Waals surface area (Å²) in [6.07, 6.45) is 9.82. The number of pyridine rings is 1. The maximum absolute atomic E-state index is 13.8. The number of carbonyl (C=O) groups is 1. The molecule has 0 radical (unpaired) electrons. The first-order valence-electron chi connectivity index (χ1n) is 12.8. The van der Waals surface area contributed by atoms with Crippen molar-refractivity contribution >= 4 is 43.6 Å². The molecule has 0 aliphatic rings. The van der Waals surface area contributed by atoms with Gasteiger partial charge in [0.05, 0.1) is 35.0 Å². The lowest BCUT2D eigenvalue weighted by Crippen LogP contribution is -2.32. The number of Topliss-reactive ketones (excluding diaryl/α,β-unsaturated/α-hetero) is 1. The molecule has 196 valence electrons. The number of rotatable bonds is 9. The average Bonchev–Trinajstić information content (AvgIpc) is 3.25. The van der Waals surface area contributed by atoms with E-state index < -0.39 is 5.82 Å². The smallest absolute Gasteiger partial charge is 0.165 e. The molecule has 2 heterocycles. The highest BCUT2D eigenvalue weighted by Crippen LogP contribution is 2.23. The van der Waals surface area contributed by atoms with Crippen molar-refractivity contribution in [3.63, 3.8) is 0 Å². The summed E-state index contributed by atoms with van der Waals surface area (Å²) < 4.78 is 15.7. The summed E-state index contributed by atoms with van der Waals surface area (Å²) >= 11 is 6.46. The molecule has 1 aromatic carbocycles. The summed E-state index contributed by atoms with van der Waals surface area (Å²) in [5, 5.41) is 7.83. The molecule has 7 heteroatoms. The first kappa shape index (κ1) is 28.9. The molecule has 2 aromatic heterocycles. The van der Waals surface area contributed by atoms with Gasteiger partial charge in [-0.15, -0.1) is 9.24 Å². The third-order valence-corrected chi connectivity index (χ3v) is 7.46. The molecule has 0 saturated heterocycles. The zero-order chi connectivity index (χ0) is 27.3. The van der Waals surface area contributed by atoms with E-state index in [1.54, 1.807) is 0 Å². The fourth-order valence-corrected chi connectivity index (χ4v) is 5.37. The molecule has 0 aliphatic carbocycles. The number of hydrogen-bond donors (Lipinski definition) is 0. The van der Waals surface area contributed by atoms with Gasteiger partial charge in [0, 0.05) is 22.3 Å². The topological polar surface area (TPSA) is 47.8 Å². The predicted molar refractivity (Wildman–Crippen MR) is 155 cm³/mol. The number of benzene rings is 1. The Morgan fingerprint density at radius 2 is 1.97 bits per heavy atom. The summed E-state index contributed by atoms with van der Waals surface area (Å²) in [6, 6.07) is 5.26. The van der Waals surface area contributed by atoms with Gasteiger partial charge < -0.3 is 0 Å². The van der Waals surface area contributed by atoms with Gasteiger partial charge in [-0.1, -0.05) is 75.6 Å². The van der Waals surface area contributed by atoms with Crippen molar-refractivity contribution in [2.24, 2.45) is 5.92 Å². The van der Waals surface area contributed by atoms with Crippen LogP contribution in [0.1, 0.15) is 81.6 Å². The van der Waals surface area contributed by atoms with Gasteiger partial charge in [-0.05, 0) is 49.2 Å². The molecule has 1 unspecified atom stereocenters. The third-order valence-electron chi connectivity index (χ3n) is 6.45. The van der Waals surface area contributed by atoms with E-state index in [1.807, 2.05) is 49.9 Å². The molecule has 0 saturated carbocycles. The Labute approximate surface area is 226 Å². The maximum atomic E-state index is 13.8. The van der Waals surface area contributed by atoms with Crippen LogP contribution in [0.15, 0.2) is 42.2 Å². The van der Waals surface area contributed by atoms with Gasteiger partial charge in [-0.25, -0.2) is 4.39 Å². The predicted octanol–water partition coefficient (Wildman–Crippen LogP) is 5.77. The summed E-state index contributed by atoms with van der Waals surface area (Å²) in [6.45, 7) is 12.7. The van der Waals surface area contributed by atoms with Crippen LogP contribution in [0.25, 0.3) is 11.6 Å². The van der Waals surface area contributed by atoms with Crippen molar-refractivity contribution in [3.05, 3.63) is 86.0 Å². The quantitative estimate of drug-likeness (QED) is 0.256. The largest absolute Gasteiger partial charge is 0.294 e. The zero-order valence-corrected chi connectivity index (χ0v) is 24.4. The number of hydrogen-bond acceptors (Lipinski definition) is 3. The molecule has 0 fully saturated rings. The van der Waals surface area contributed by atoms with E-state index >= 15 is 0 Å². The molecule has 3 aromatic rings. The van der Waals surface area contributed by atoms with Gasteiger partial charge in [-0.2, -0.15) is 5.10 Å². The number of allylic oxidation sites excluding steroid dienone is 2. The van der Waals surface area contributed by atoms with E-state index in [1.165, 1.54) is 17.8 Å². The van der Waals surface area contributed by atoms with Crippen molar-refractivity contribution < 1.29 is 9.18 Å². The van der Waals surface area contributed by atoms with Crippen molar-refractivity contribution in [3.8, 4) is 0 Å². The Kier molecular flexibility index (Phi) is 9.98. The standard InChI is InChI=1S/C30H36ClFN3OP/c1-7-10-19(6)13-24(28-26(31)14-21(32)15-33-28)25-16-34-35(27(25)9-3)17-20-11-12-23(29(36)18(4)5)22(8-2)30(20)37/h9,11-16,18H,7-8,10,17,37H2,1-6H3/b19-13+,25-24+,27-9+. The highest BCUT2D eigenvalue weighted by molar-refractivity contribution is 7.27. The van der Waals surface area contributed by atoms with Crippen molar-refractivity contribution in [2.75, 3.05) is 0 Å². The highest BCUT2D eigenvalue weighted by Gasteiger charge is 2.18. The molecule has 37 heavy (non-hydrogen) atoms. The molecule has 4 nitrogen and oxygen atoms in total. The van der Waals surface area contributed by atoms with Crippen LogP contribution in [0.4, 0.5) is 4.39 Å². The first-order valence-corrected chi connectivity index (χ1v) is 13.7. The Hall–Kier alpha value is -2.62. The molecular weight excluding hydrogens is 504 g/mol. The molecule has 0 amide bonds. The van der Waals surface area contributed by atoms with Crippen LogP contribution in [-0.4, -0.2) is 20.5 Å². The van der Waals surface area contributed by atoms with E-state index in [0.29, 0.717) is 12.2 Å². The lowest BCUT2D eigenvalue weighted by atomic mass is 9.93. The summed E-state index contributed by atoms with van der Waals surface area (Å²) in [5.74, 6) is -0.367. The number of ketones is 1. The van der Waals surface area contributed by atoms with Gasteiger partial charge in [-0.3, -0.25) is 14.5 Å². The Morgan fingerprint density at radius 3 is 2.57 bits per heavy atom. The Balaban J connectivity index is 2.21. The van der Waals surface area contributed by atoms with Crippen LogP contribution in [-0.2, 0) is 13.0 Å². The second kappa shape index (κ2) is 12.8. The van der Waals surface area contributed by atoms with Crippen LogP contribution in [0.2, 0.25) is 5.02 Å². The normalized spacial score (nSPS) is 13.5. The van der Waals surface area contributed by atoms with Gasteiger partial charge >= 0.3 is 0 Å².